The second-order valence-electron chi connectivity index (χ2n) is 5.09. The van der Waals surface area contributed by atoms with Crippen molar-refractivity contribution in [1.29, 1.82) is 0 Å². The summed E-state index contributed by atoms with van der Waals surface area (Å²) in [6.07, 6.45) is 2.93. The molecule has 0 unspecified atom stereocenters. The number of esters is 1. The molecule has 0 heterocycles. The van der Waals surface area contributed by atoms with Crippen LogP contribution in [-0.2, 0) is 9.59 Å². The van der Waals surface area contributed by atoms with Crippen LogP contribution in [0.15, 0.2) is 55.1 Å². The highest BCUT2D eigenvalue weighted by atomic mass is 16.5. The Morgan fingerprint density at radius 3 is 2.36 bits per heavy atom. The van der Waals surface area contributed by atoms with Gasteiger partial charge in [-0.3, -0.25) is 4.79 Å². The second kappa shape index (κ2) is 8.49. The third kappa shape index (κ3) is 4.81. The Morgan fingerprint density at radius 1 is 1.08 bits per heavy atom. The molecule has 128 valence electrons. The first-order valence-electron chi connectivity index (χ1n) is 7.48. The van der Waals surface area contributed by atoms with Gasteiger partial charge in [0.2, 0.25) is 0 Å². The molecule has 0 spiro atoms. The molecule has 2 rings (SSSR count). The van der Waals surface area contributed by atoms with E-state index >= 15 is 0 Å². The molecule has 0 saturated heterocycles. The Bertz CT molecular complexity index is 803. The van der Waals surface area contributed by atoms with Crippen LogP contribution in [0.3, 0.4) is 0 Å². The lowest BCUT2D eigenvalue weighted by Crippen LogP contribution is -2.03. The molecule has 0 fully saturated rings. The summed E-state index contributed by atoms with van der Waals surface area (Å²) in [4.78, 5) is 22.0. The fourth-order valence-corrected chi connectivity index (χ4v) is 2.18. The van der Waals surface area contributed by atoms with Gasteiger partial charge in [0.05, 0.1) is 7.11 Å². The van der Waals surface area contributed by atoms with E-state index < -0.39 is 5.97 Å². The van der Waals surface area contributed by atoms with Crippen LogP contribution in [0, 0.1) is 0 Å². The first kappa shape index (κ1) is 18.0. The third-order valence-corrected chi connectivity index (χ3v) is 3.46. The standard InChI is InChI=1S/C20H18O5/c1-4-20(22)25-18-10-7-16(19(12-18)24-13-21)11-14(2)15-5-8-17(23-3)9-6-15/h4-13H,1H2,2-3H3/b14-11+. The number of methoxy groups -OCH3 is 1. The Balaban J connectivity index is 2.33. The molecule has 0 saturated carbocycles. The maximum absolute atomic E-state index is 11.3. The van der Waals surface area contributed by atoms with Crippen molar-refractivity contribution in [1.82, 2.24) is 0 Å². The molecule has 0 radical (unpaired) electrons. The molecule has 0 aliphatic rings. The highest BCUT2D eigenvalue weighted by Crippen LogP contribution is 2.29. The van der Waals surface area contributed by atoms with Gasteiger partial charge in [0, 0.05) is 17.7 Å². The van der Waals surface area contributed by atoms with Crippen LogP contribution < -0.4 is 14.2 Å². The molecule has 0 amide bonds. The fraction of sp³-hybridized carbons (Fsp3) is 0.100. The van der Waals surface area contributed by atoms with Crippen LogP contribution in [0.2, 0.25) is 0 Å². The van der Waals surface area contributed by atoms with Crippen molar-refractivity contribution in [2.45, 2.75) is 6.92 Å². The van der Waals surface area contributed by atoms with E-state index in [1.54, 1.807) is 19.2 Å². The molecular formula is C20H18O5. The zero-order valence-electron chi connectivity index (χ0n) is 14.0. The zero-order chi connectivity index (χ0) is 18.2. The average molecular weight is 338 g/mol. The van der Waals surface area contributed by atoms with Crippen molar-refractivity contribution in [3.05, 3.63) is 66.2 Å². The van der Waals surface area contributed by atoms with Crippen LogP contribution in [0.4, 0.5) is 0 Å². The van der Waals surface area contributed by atoms with Gasteiger partial charge in [-0.15, -0.1) is 0 Å². The van der Waals surface area contributed by atoms with Gasteiger partial charge < -0.3 is 14.2 Å². The van der Waals surface area contributed by atoms with E-state index in [0.29, 0.717) is 12.0 Å². The fourth-order valence-electron chi connectivity index (χ4n) is 2.18. The lowest BCUT2D eigenvalue weighted by atomic mass is 10.0. The van der Waals surface area contributed by atoms with Crippen molar-refractivity contribution in [3.63, 3.8) is 0 Å². The molecule has 5 nitrogen and oxygen atoms in total. The van der Waals surface area contributed by atoms with E-state index in [2.05, 4.69) is 6.58 Å². The molecule has 25 heavy (non-hydrogen) atoms. The summed E-state index contributed by atoms with van der Waals surface area (Å²) in [7, 11) is 1.61. The minimum Gasteiger partial charge on any atom is -0.497 e. The van der Waals surface area contributed by atoms with E-state index in [1.807, 2.05) is 37.3 Å². The molecular weight excluding hydrogens is 320 g/mol. The molecule has 0 atom stereocenters. The SMILES string of the molecule is C=CC(=O)Oc1ccc(/C=C(\C)c2ccc(OC)cc2)c(OC=O)c1. The lowest BCUT2D eigenvalue weighted by molar-refractivity contribution is -0.128. The van der Waals surface area contributed by atoms with E-state index in [-0.39, 0.29) is 11.5 Å². The first-order valence-corrected chi connectivity index (χ1v) is 7.48. The normalized spacial score (nSPS) is 10.7. The largest absolute Gasteiger partial charge is 0.497 e. The topological polar surface area (TPSA) is 61.8 Å². The number of carbonyl (C=O) groups excluding carboxylic acids is 2. The van der Waals surface area contributed by atoms with Gasteiger partial charge in [-0.05, 0) is 48.4 Å². The van der Waals surface area contributed by atoms with Crippen molar-refractivity contribution in [3.8, 4) is 17.2 Å². The van der Waals surface area contributed by atoms with E-state index in [4.69, 9.17) is 14.2 Å². The van der Waals surface area contributed by atoms with Gasteiger partial charge in [0.15, 0.2) is 0 Å². The predicted molar refractivity (Wildman–Crippen MR) is 95.5 cm³/mol. The Kier molecular flexibility index (Phi) is 6.12. The summed E-state index contributed by atoms with van der Waals surface area (Å²) >= 11 is 0. The van der Waals surface area contributed by atoms with Crippen LogP contribution >= 0.6 is 0 Å². The van der Waals surface area contributed by atoms with Crippen molar-refractivity contribution >= 4 is 24.1 Å². The maximum Gasteiger partial charge on any atom is 0.335 e. The molecule has 5 heteroatoms. The van der Waals surface area contributed by atoms with Gasteiger partial charge in [-0.25, -0.2) is 4.79 Å². The Labute approximate surface area is 146 Å². The number of rotatable bonds is 7. The third-order valence-electron chi connectivity index (χ3n) is 3.46. The quantitative estimate of drug-likeness (QED) is 0.252. The van der Waals surface area contributed by atoms with E-state index in [0.717, 1.165) is 23.0 Å². The number of ether oxygens (including phenoxy) is 3. The number of carbonyl (C=O) groups is 2. The molecule has 0 aliphatic carbocycles. The lowest BCUT2D eigenvalue weighted by Gasteiger charge is -2.09. The molecule has 0 bridgehead atoms. The van der Waals surface area contributed by atoms with Crippen LogP contribution in [0.1, 0.15) is 18.1 Å². The van der Waals surface area contributed by atoms with Gasteiger partial charge in [-0.2, -0.15) is 0 Å². The first-order chi connectivity index (χ1) is 12.1. The summed E-state index contributed by atoms with van der Waals surface area (Å²) in [6.45, 7) is 5.61. The van der Waals surface area contributed by atoms with Gasteiger partial charge in [0.25, 0.3) is 6.47 Å². The van der Waals surface area contributed by atoms with Gasteiger partial charge in [-0.1, -0.05) is 18.7 Å². The monoisotopic (exact) mass is 338 g/mol. The summed E-state index contributed by atoms with van der Waals surface area (Å²) in [6, 6.07) is 12.4. The molecule has 2 aromatic carbocycles. The zero-order valence-corrected chi connectivity index (χ0v) is 14.0. The van der Waals surface area contributed by atoms with Gasteiger partial charge in [0.1, 0.15) is 17.2 Å². The van der Waals surface area contributed by atoms with Crippen LogP contribution in [-0.4, -0.2) is 19.6 Å². The number of hydrogen-bond donors (Lipinski definition) is 0. The highest BCUT2D eigenvalue weighted by Gasteiger charge is 2.08. The highest BCUT2D eigenvalue weighted by molar-refractivity contribution is 5.85. The van der Waals surface area contributed by atoms with Crippen molar-refractivity contribution in [2.75, 3.05) is 7.11 Å². The van der Waals surface area contributed by atoms with Crippen molar-refractivity contribution in [2.24, 2.45) is 0 Å². The summed E-state index contributed by atoms with van der Waals surface area (Å²) < 4.78 is 15.2. The average Bonchev–Trinajstić information content (AvgIpc) is 2.64. The summed E-state index contributed by atoms with van der Waals surface area (Å²) in [5.41, 5.74) is 2.65. The van der Waals surface area contributed by atoms with E-state index in [9.17, 15) is 9.59 Å². The second-order valence-corrected chi connectivity index (χ2v) is 5.09. The smallest absolute Gasteiger partial charge is 0.335 e. The Morgan fingerprint density at radius 2 is 1.76 bits per heavy atom. The van der Waals surface area contributed by atoms with Gasteiger partial charge >= 0.3 is 5.97 Å². The number of benzene rings is 2. The Hall–Kier alpha value is -3.34. The number of hydrogen-bond acceptors (Lipinski definition) is 5. The summed E-state index contributed by atoms with van der Waals surface area (Å²) in [5, 5.41) is 0. The minimum absolute atomic E-state index is 0.265. The summed E-state index contributed by atoms with van der Waals surface area (Å²) in [5.74, 6) is 0.739. The van der Waals surface area contributed by atoms with Crippen LogP contribution in [0.25, 0.3) is 11.6 Å². The maximum atomic E-state index is 11.3. The molecule has 0 N–H and O–H groups in total. The van der Waals surface area contributed by atoms with E-state index in [1.165, 1.54) is 6.07 Å². The minimum atomic E-state index is -0.588. The molecule has 2 aromatic rings. The number of allylic oxidation sites excluding steroid dienone is 1. The molecule has 0 aliphatic heterocycles. The van der Waals surface area contributed by atoms with Crippen molar-refractivity contribution < 1.29 is 23.8 Å². The van der Waals surface area contributed by atoms with Crippen LogP contribution in [0.5, 0.6) is 17.2 Å². The predicted octanol–water partition coefficient (Wildman–Crippen LogP) is 3.88. The molecule has 0 aromatic heterocycles.